The van der Waals surface area contributed by atoms with Crippen LogP contribution in [0.25, 0.3) is 22.3 Å². The Kier molecular flexibility index (Phi) is 4.32. The van der Waals surface area contributed by atoms with Gasteiger partial charge in [0.1, 0.15) is 5.82 Å². The molecular formula is C20H20ClN3O. The van der Waals surface area contributed by atoms with Crippen LogP contribution in [-0.4, -0.2) is 35.3 Å². The van der Waals surface area contributed by atoms with Crippen molar-refractivity contribution in [3.05, 3.63) is 53.6 Å². The lowest BCUT2D eigenvalue weighted by Crippen LogP contribution is -2.46. The van der Waals surface area contributed by atoms with E-state index in [1.165, 1.54) is 0 Å². The predicted octanol–water partition coefficient (Wildman–Crippen LogP) is 4.56. The van der Waals surface area contributed by atoms with Crippen molar-refractivity contribution in [2.45, 2.75) is 26.1 Å². The van der Waals surface area contributed by atoms with Gasteiger partial charge in [0.15, 0.2) is 5.82 Å². The highest BCUT2D eigenvalue weighted by Crippen LogP contribution is 2.29. The predicted molar refractivity (Wildman–Crippen MR) is 102 cm³/mol. The molecular weight excluding hydrogens is 334 g/mol. The quantitative estimate of drug-likeness (QED) is 0.676. The van der Waals surface area contributed by atoms with Crippen LogP contribution in [0.1, 0.15) is 13.8 Å². The fraction of sp³-hybridized carbons (Fsp3) is 0.300. The minimum absolute atomic E-state index is 0.177. The number of nitrogens with zero attached hydrogens (tertiary/aromatic N) is 3. The number of anilines is 1. The topological polar surface area (TPSA) is 38.2 Å². The van der Waals surface area contributed by atoms with Crippen LogP contribution in [-0.2, 0) is 4.74 Å². The van der Waals surface area contributed by atoms with Crippen molar-refractivity contribution >= 4 is 28.3 Å². The lowest BCUT2D eigenvalue weighted by atomic mass is 10.1. The van der Waals surface area contributed by atoms with E-state index in [1.54, 1.807) is 0 Å². The van der Waals surface area contributed by atoms with Gasteiger partial charge in [0.2, 0.25) is 0 Å². The van der Waals surface area contributed by atoms with Gasteiger partial charge in [-0.15, -0.1) is 0 Å². The van der Waals surface area contributed by atoms with E-state index in [4.69, 9.17) is 26.3 Å². The number of hydrogen-bond donors (Lipinski definition) is 0. The Hall–Kier alpha value is -2.17. The van der Waals surface area contributed by atoms with Crippen LogP contribution in [0.2, 0.25) is 5.02 Å². The largest absolute Gasteiger partial charge is 0.372 e. The lowest BCUT2D eigenvalue weighted by molar-refractivity contribution is -0.00536. The maximum Gasteiger partial charge on any atom is 0.162 e. The summed E-state index contributed by atoms with van der Waals surface area (Å²) in [5.41, 5.74) is 1.91. The molecule has 4 rings (SSSR count). The van der Waals surface area contributed by atoms with E-state index in [0.717, 1.165) is 41.2 Å². The Morgan fingerprint density at radius 1 is 0.960 bits per heavy atom. The van der Waals surface area contributed by atoms with Crippen LogP contribution in [0, 0.1) is 0 Å². The van der Waals surface area contributed by atoms with Crippen molar-refractivity contribution in [3.63, 3.8) is 0 Å². The summed E-state index contributed by atoms with van der Waals surface area (Å²) < 4.78 is 5.88. The summed E-state index contributed by atoms with van der Waals surface area (Å²) in [6.07, 6.45) is 0.355. The van der Waals surface area contributed by atoms with Gasteiger partial charge in [0, 0.05) is 29.1 Å². The van der Waals surface area contributed by atoms with E-state index < -0.39 is 0 Å². The maximum absolute atomic E-state index is 6.02. The van der Waals surface area contributed by atoms with Crippen molar-refractivity contribution in [2.75, 3.05) is 18.0 Å². The molecule has 1 saturated heterocycles. The van der Waals surface area contributed by atoms with Crippen LogP contribution < -0.4 is 4.90 Å². The molecule has 2 heterocycles. The number of halogens is 1. The molecule has 1 aliphatic rings. The standard InChI is InChI=1S/C20H20ClN3O/c1-13-11-24(12-14(2)25-13)20-17-5-3-4-6-18(17)22-19(23-20)15-7-9-16(21)10-8-15/h3-10,13-14H,11-12H2,1-2H3/t13-,14-/m1/s1. The molecule has 0 radical (unpaired) electrons. The molecule has 1 fully saturated rings. The van der Waals surface area contributed by atoms with Gasteiger partial charge in [-0.25, -0.2) is 9.97 Å². The number of rotatable bonds is 2. The van der Waals surface area contributed by atoms with Crippen molar-refractivity contribution in [2.24, 2.45) is 0 Å². The zero-order chi connectivity index (χ0) is 17.4. The van der Waals surface area contributed by atoms with E-state index in [0.29, 0.717) is 5.02 Å². The van der Waals surface area contributed by atoms with E-state index in [-0.39, 0.29) is 12.2 Å². The highest BCUT2D eigenvalue weighted by molar-refractivity contribution is 6.30. The molecule has 0 unspecified atom stereocenters. The van der Waals surface area contributed by atoms with Gasteiger partial charge < -0.3 is 9.64 Å². The number of benzene rings is 2. The molecule has 0 saturated carbocycles. The average Bonchev–Trinajstić information content (AvgIpc) is 2.60. The molecule has 1 aromatic heterocycles. The number of fused-ring (bicyclic) bond motifs is 1. The minimum atomic E-state index is 0.177. The zero-order valence-electron chi connectivity index (χ0n) is 14.3. The highest BCUT2D eigenvalue weighted by Gasteiger charge is 2.25. The average molecular weight is 354 g/mol. The summed E-state index contributed by atoms with van der Waals surface area (Å²) in [5, 5.41) is 1.78. The Morgan fingerprint density at radius 2 is 1.64 bits per heavy atom. The van der Waals surface area contributed by atoms with E-state index in [9.17, 15) is 0 Å². The number of ether oxygens (including phenoxy) is 1. The van der Waals surface area contributed by atoms with Crippen molar-refractivity contribution < 1.29 is 4.74 Å². The molecule has 0 amide bonds. The number of aromatic nitrogens is 2. The zero-order valence-corrected chi connectivity index (χ0v) is 15.1. The second-order valence-corrected chi connectivity index (χ2v) is 6.99. The summed E-state index contributed by atoms with van der Waals surface area (Å²) in [4.78, 5) is 12.0. The Balaban J connectivity index is 1.85. The van der Waals surface area contributed by atoms with E-state index in [2.05, 4.69) is 24.8 Å². The first-order valence-electron chi connectivity index (χ1n) is 8.53. The third kappa shape index (κ3) is 3.32. The first-order valence-corrected chi connectivity index (χ1v) is 8.91. The van der Waals surface area contributed by atoms with E-state index >= 15 is 0 Å². The van der Waals surface area contributed by atoms with Crippen LogP contribution in [0.4, 0.5) is 5.82 Å². The highest BCUT2D eigenvalue weighted by atomic mass is 35.5. The molecule has 128 valence electrons. The normalized spacial score (nSPS) is 20.8. The van der Waals surface area contributed by atoms with Gasteiger partial charge in [-0.05, 0) is 50.2 Å². The molecule has 2 aromatic carbocycles. The molecule has 0 bridgehead atoms. The molecule has 25 heavy (non-hydrogen) atoms. The van der Waals surface area contributed by atoms with Gasteiger partial charge >= 0.3 is 0 Å². The third-order valence-electron chi connectivity index (χ3n) is 4.40. The van der Waals surface area contributed by atoms with Gasteiger partial charge in [0.25, 0.3) is 0 Å². The smallest absolute Gasteiger partial charge is 0.162 e. The summed E-state index contributed by atoms with van der Waals surface area (Å²) in [7, 11) is 0. The van der Waals surface area contributed by atoms with Crippen LogP contribution in [0.15, 0.2) is 48.5 Å². The van der Waals surface area contributed by atoms with Crippen LogP contribution >= 0.6 is 11.6 Å². The Labute approximate surface area is 152 Å². The molecule has 2 atom stereocenters. The second kappa shape index (κ2) is 6.62. The van der Waals surface area contributed by atoms with Gasteiger partial charge in [-0.3, -0.25) is 0 Å². The molecule has 4 nitrogen and oxygen atoms in total. The molecule has 5 heteroatoms. The first kappa shape index (κ1) is 16.3. The fourth-order valence-corrected chi connectivity index (χ4v) is 3.51. The maximum atomic E-state index is 6.02. The summed E-state index contributed by atoms with van der Waals surface area (Å²) in [6, 6.07) is 15.8. The molecule has 0 spiro atoms. The van der Waals surface area contributed by atoms with Crippen molar-refractivity contribution in [1.82, 2.24) is 9.97 Å². The molecule has 0 aliphatic carbocycles. The number of morpholine rings is 1. The Bertz CT molecular complexity index is 887. The summed E-state index contributed by atoms with van der Waals surface area (Å²) >= 11 is 6.02. The third-order valence-corrected chi connectivity index (χ3v) is 4.66. The molecule has 1 aliphatic heterocycles. The van der Waals surface area contributed by atoms with Crippen molar-refractivity contribution in [3.8, 4) is 11.4 Å². The molecule has 3 aromatic rings. The van der Waals surface area contributed by atoms with Gasteiger partial charge in [-0.2, -0.15) is 0 Å². The summed E-state index contributed by atoms with van der Waals surface area (Å²) in [6.45, 7) is 5.86. The van der Waals surface area contributed by atoms with Gasteiger partial charge in [0.05, 0.1) is 17.7 Å². The van der Waals surface area contributed by atoms with E-state index in [1.807, 2.05) is 42.5 Å². The van der Waals surface area contributed by atoms with Gasteiger partial charge in [-0.1, -0.05) is 23.7 Å². The van der Waals surface area contributed by atoms with Crippen LogP contribution in [0.3, 0.4) is 0 Å². The SMILES string of the molecule is C[C@@H]1CN(c2nc(-c3ccc(Cl)cc3)nc3ccccc23)C[C@@H](C)O1. The number of hydrogen-bond acceptors (Lipinski definition) is 4. The fourth-order valence-electron chi connectivity index (χ4n) is 3.38. The monoisotopic (exact) mass is 353 g/mol. The minimum Gasteiger partial charge on any atom is -0.372 e. The second-order valence-electron chi connectivity index (χ2n) is 6.56. The lowest BCUT2D eigenvalue weighted by Gasteiger charge is -2.36. The summed E-state index contributed by atoms with van der Waals surface area (Å²) in [5.74, 6) is 1.69. The first-order chi connectivity index (χ1) is 12.1. The molecule has 0 N–H and O–H groups in total. The van der Waals surface area contributed by atoms with Crippen LogP contribution in [0.5, 0.6) is 0 Å². The Morgan fingerprint density at radius 3 is 2.36 bits per heavy atom. The van der Waals surface area contributed by atoms with Crippen molar-refractivity contribution in [1.29, 1.82) is 0 Å². The number of para-hydroxylation sites is 1.